The van der Waals surface area contributed by atoms with E-state index in [4.69, 9.17) is 10.00 Å². The van der Waals surface area contributed by atoms with Gasteiger partial charge in [-0.05, 0) is 50.0 Å². The lowest BCUT2D eigenvalue weighted by molar-refractivity contribution is -0.138. The van der Waals surface area contributed by atoms with Crippen LogP contribution in [0.5, 0.6) is 0 Å². The van der Waals surface area contributed by atoms with Gasteiger partial charge in [0.1, 0.15) is 11.6 Å². The first-order valence-electron chi connectivity index (χ1n) is 6.36. The van der Waals surface area contributed by atoms with Crippen LogP contribution in [0.15, 0.2) is 17.7 Å². The SMILES string of the molecule is CCCOC(=O)C(C#N)=Cc1c(C)cc(C)cc1C. The third-order valence-electron chi connectivity index (χ3n) is 2.80. The van der Waals surface area contributed by atoms with E-state index in [2.05, 4.69) is 0 Å². The average molecular weight is 257 g/mol. The van der Waals surface area contributed by atoms with Gasteiger partial charge >= 0.3 is 5.97 Å². The van der Waals surface area contributed by atoms with E-state index in [1.807, 2.05) is 45.9 Å². The van der Waals surface area contributed by atoms with E-state index in [1.54, 1.807) is 6.08 Å². The van der Waals surface area contributed by atoms with Gasteiger partial charge in [0, 0.05) is 0 Å². The summed E-state index contributed by atoms with van der Waals surface area (Å²) in [5.41, 5.74) is 4.22. The molecule has 3 nitrogen and oxygen atoms in total. The summed E-state index contributed by atoms with van der Waals surface area (Å²) in [5, 5.41) is 9.07. The number of carbonyl (C=O) groups is 1. The molecule has 0 aliphatic heterocycles. The molecule has 19 heavy (non-hydrogen) atoms. The first kappa shape index (κ1) is 15.0. The van der Waals surface area contributed by atoms with Crippen molar-refractivity contribution in [3.63, 3.8) is 0 Å². The van der Waals surface area contributed by atoms with Crippen LogP contribution in [0.3, 0.4) is 0 Å². The van der Waals surface area contributed by atoms with E-state index in [1.165, 1.54) is 5.56 Å². The molecule has 0 radical (unpaired) electrons. The van der Waals surface area contributed by atoms with Crippen LogP contribution in [-0.2, 0) is 9.53 Å². The molecule has 1 aromatic rings. The number of benzene rings is 1. The van der Waals surface area contributed by atoms with Crippen molar-refractivity contribution in [2.24, 2.45) is 0 Å². The average Bonchev–Trinajstić information content (AvgIpc) is 2.35. The number of hydrogen-bond acceptors (Lipinski definition) is 3. The summed E-state index contributed by atoms with van der Waals surface area (Å²) < 4.78 is 4.99. The molecule has 1 aromatic carbocycles. The third kappa shape index (κ3) is 3.96. The van der Waals surface area contributed by atoms with Crippen LogP contribution >= 0.6 is 0 Å². The lowest BCUT2D eigenvalue weighted by atomic mass is 9.98. The fourth-order valence-corrected chi connectivity index (χ4v) is 1.97. The fraction of sp³-hybridized carbons (Fsp3) is 0.375. The minimum atomic E-state index is -0.552. The molecular weight excluding hydrogens is 238 g/mol. The monoisotopic (exact) mass is 257 g/mol. The van der Waals surface area contributed by atoms with Gasteiger partial charge in [-0.1, -0.05) is 24.6 Å². The molecule has 0 atom stereocenters. The number of nitriles is 1. The van der Waals surface area contributed by atoms with Gasteiger partial charge in [-0.2, -0.15) is 5.26 Å². The van der Waals surface area contributed by atoms with Gasteiger partial charge in [-0.25, -0.2) is 4.79 Å². The van der Waals surface area contributed by atoms with E-state index < -0.39 is 5.97 Å². The number of aryl methyl sites for hydroxylation is 3. The molecule has 3 heteroatoms. The Morgan fingerprint density at radius 1 is 1.32 bits per heavy atom. The summed E-state index contributed by atoms with van der Waals surface area (Å²) >= 11 is 0. The van der Waals surface area contributed by atoms with Crippen LogP contribution in [0.2, 0.25) is 0 Å². The zero-order valence-corrected chi connectivity index (χ0v) is 11.9. The van der Waals surface area contributed by atoms with Crippen molar-refractivity contribution < 1.29 is 9.53 Å². The Bertz CT molecular complexity index is 527. The second kappa shape index (κ2) is 6.75. The van der Waals surface area contributed by atoms with Crippen LogP contribution in [0, 0.1) is 32.1 Å². The molecule has 1 rings (SSSR count). The first-order chi connectivity index (χ1) is 8.99. The Hall–Kier alpha value is -2.08. The topological polar surface area (TPSA) is 50.1 Å². The maximum atomic E-state index is 11.7. The second-order valence-corrected chi connectivity index (χ2v) is 4.62. The maximum Gasteiger partial charge on any atom is 0.348 e. The number of hydrogen-bond donors (Lipinski definition) is 0. The van der Waals surface area contributed by atoms with Gasteiger partial charge in [0.05, 0.1) is 6.61 Å². The minimum absolute atomic E-state index is 0.0449. The predicted octanol–water partition coefficient (Wildman–Crippen LogP) is 3.47. The van der Waals surface area contributed by atoms with Gasteiger partial charge in [0.25, 0.3) is 0 Å². The number of rotatable bonds is 4. The zero-order valence-electron chi connectivity index (χ0n) is 11.9. The molecule has 0 unspecified atom stereocenters. The maximum absolute atomic E-state index is 11.7. The molecule has 0 amide bonds. The summed E-state index contributed by atoms with van der Waals surface area (Å²) in [5.74, 6) is -0.552. The van der Waals surface area contributed by atoms with Gasteiger partial charge < -0.3 is 4.74 Å². The molecule has 0 N–H and O–H groups in total. The van der Waals surface area contributed by atoms with E-state index >= 15 is 0 Å². The van der Waals surface area contributed by atoms with E-state index in [0.29, 0.717) is 6.61 Å². The van der Waals surface area contributed by atoms with Crippen LogP contribution in [0.1, 0.15) is 35.6 Å². The highest BCUT2D eigenvalue weighted by molar-refractivity contribution is 5.98. The van der Waals surface area contributed by atoms with Crippen molar-refractivity contribution in [3.8, 4) is 6.07 Å². The lowest BCUT2D eigenvalue weighted by Crippen LogP contribution is -2.07. The van der Waals surface area contributed by atoms with Crippen LogP contribution in [0.4, 0.5) is 0 Å². The largest absolute Gasteiger partial charge is 0.462 e. The van der Waals surface area contributed by atoms with Crippen LogP contribution < -0.4 is 0 Å². The normalized spacial score (nSPS) is 11.0. The van der Waals surface area contributed by atoms with E-state index in [9.17, 15) is 4.79 Å². The summed E-state index contributed by atoms with van der Waals surface area (Å²) in [7, 11) is 0. The van der Waals surface area contributed by atoms with Crippen LogP contribution in [-0.4, -0.2) is 12.6 Å². The molecule has 0 saturated heterocycles. The van der Waals surface area contributed by atoms with Crippen LogP contribution in [0.25, 0.3) is 6.08 Å². The fourth-order valence-electron chi connectivity index (χ4n) is 1.97. The Kier molecular flexibility index (Phi) is 5.32. The van der Waals surface area contributed by atoms with Gasteiger partial charge in [-0.3, -0.25) is 0 Å². The molecule has 0 saturated carbocycles. The molecule has 0 aliphatic carbocycles. The minimum Gasteiger partial charge on any atom is -0.462 e. The highest BCUT2D eigenvalue weighted by Crippen LogP contribution is 2.19. The Morgan fingerprint density at radius 2 is 1.89 bits per heavy atom. The predicted molar refractivity (Wildman–Crippen MR) is 75.5 cm³/mol. The summed E-state index contributed by atoms with van der Waals surface area (Å²) in [4.78, 5) is 11.7. The quantitative estimate of drug-likeness (QED) is 0.471. The Labute approximate surface area is 114 Å². The van der Waals surface area contributed by atoms with Gasteiger partial charge in [0.2, 0.25) is 0 Å². The van der Waals surface area contributed by atoms with Crippen molar-refractivity contribution in [1.29, 1.82) is 5.26 Å². The van der Waals surface area contributed by atoms with Crippen molar-refractivity contribution in [2.75, 3.05) is 6.61 Å². The van der Waals surface area contributed by atoms with Crippen molar-refractivity contribution >= 4 is 12.0 Å². The van der Waals surface area contributed by atoms with E-state index in [0.717, 1.165) is 23.1 Å². The number of nitrogens with zero attached hydrogens (tertiary/aromatic N) is 1. The van der Waals surface area contributed by atoms with E-state index in [-0.39, 0.29) is 5.57 Å². The molecule has 0 heterocycles. The molecular formula is C16H19NO2. The summed E-state index contributed by atoms with van der Waals surface area (Å²) in [6.45, 7) is 8.21. The molecule has 0 fully saturated rings. The molecule has 100 valence electrons. The summed E-state index contributed by atoms with van der Waals surface area (Å²) in [6, 6.07) is 5.98. The Morgan fingerprint density at radius 3 is 2.37 bits per heavy atom. The van der Waals surface area contributed by atoms with Gasteiger partial charge in [0.15, 0.2) is 0 Å². The van der Waals surface area contributed by atoms with Gasteiger partial charge in [-0.15, -0.1) is 0 Å². The lowest BCUT2D eigenvalue weighted by Gasteiger charge is -2.08. The zero-order chi connectivity index (χ0) is 14.4. The standard InChI is InChI=1S/C16H19NO2/c1-5-6-19-16(18)14(10-17)9-15-12(3)7-11(2)8-13(15)4/h7-9H,5-6H2,1-4H3. The molecule has 0 spiro atoms. The first-order valence-corrected chi connectivity index (χ1v) is 6.36. The number of esters is 1. The third-order valence-corrected chi connectivity index (χ3v) is 2.80. The Balaban J connectivity index is 3.12. The van der Waals surface area contributed by atoms with Crippen molar-refractivity contribution in [1.82, 2.24) is 0 Å². The number of carbonyl (C=O) groups excluding carboxylic acids is 1. The molecule has 0 bridgehead atoms. The molecule has 0 aromatic heterocycles. The smallest absolute Gasteiger partial charge is 0.348 e. The highest BCUT2D eigenvalue weighted by atomic mass is 16.5. The highest BCUT2D eigenvalue weighted by Gasteiger charge is 2.12. The molecule has 0 aliphatic rings. The van der Waals surface area contributed by atoms with Crippen molar-refractivity contribution in [3.05, 3.63) is 40.0 Å². The number of ether oxygens (including phenoxy) is 1. The van der Waals surface area contributed by atoms with Crippen molar-refractivity contribution in [2.45, 2.75) is 34.1 Å². The second-order valence-electron chi connectivity index (χ2n) is 4.62. The summed E-state index contributed by atoms with van der Waals surface area (Å²) in [6.07, 6.45) is 2.36.